The second-order valence-corrected chi connectivity index (χ2v) is 10.4. The number of sulfone groups is 1. The summed E-state index contributed by atoms with van der Waals surface area (Å²) in [6.45, 7) is 1.47. The first kappa shape index (κ1) is 17.8. The number of benzene rings is 1. The van der Waals surface area contributed by atoms with Crippen molar-refractivity contribution in [2.24, 2.45) is 15.7 Å². The normalized spacial score (nSPS) is 25.4. The topological polar surface area (TPSA) is 122 Å². The van der Waals surface area contributed by atoms with Gasteiger partial charge in [0.1, 0.15) is 16.4 Å². The molecule has 0 aromatic heterocycles. The number of hydrogen-bond donors (Lipinski definition) is 1. The molecule has 0 saturated carbocycles. The Balaban J connectivity index is 2.12. The summed E-state index contributed by atoms with van der Waals surface area (Å²) >= 11 is 0. The van der Waals surface area contributed by atoms with Crippen LogP contribution in [0.1, 0.15) is 18.1 Å². The molecule has 0 amide bonds. The van der Waals surface area contributed by atoms with Crippen molar-refractivity contribution in [1.29, 1.82) is 0 Å². The van der Waals surface area contributed by atoms with Gasteiger partial charge in [0.05, 0.1) is 11.4 Å². The molecule has 0 spiro atoms. The Kier molecular flexibility index (Phi) is 3.73. The summed E-state index contributed by atoms with van der Waals surface area (Å²) in [7, 11) is -5.96. The van der Waals surface area contributed by atoms with Gasteiger partial charge < -0.3 is 5.73 Å². The first-order valence-corrected chi connectivity index (χ1v) is 10.8. The molecular formula is C14H17FN4O4S2. The highest BCUT2D eigenvalue weighted by Gasteiger charge is 2.42. The van der Waals surface area contributed by atoms with Crippen molar-refractivity contribution in [2.75, 3.05) is 19.1 Å². The van der Waals surface area contributed by atoms with Crippen molar-refractivity contribution in [1.82, 2.24) is 4.31 Å². The molecule has 2 heterocycles. The molecule has 0 fully saturated rings. The number of nitrogens with two attached hydrogens (primary N) is 1. The van der Waals surface area contributed by atoms with Gasteiger partial charge in [-0.3, -0.25) is 0 Å². The fourth-order valence-corrected chi connectivity index (χ4v) is 5.04. The zero-order valence-electron chi connectivity index (χ0n) is 13.8. The Labute approximate surface area is 145 Å². The van der Waals surface area contributed by atoms with Crippen molar-refractivity contribution in [3.8, 4) is 0 Å². The fraction of sp³-hybridized carbons (Fsp3) is 0.429. The second-order valence-electron chi connectivity index (χ2n) is 6.38. The van der Waals surface area contributed by atoms with Crippen molar-refractivity contribution < 1.29 is 21.2 Å². The van der Waals surface area contributed by atoms with Gasteiger partial charge >= 0.3 is 0 Å². The highest BCUT2D eigenvalue weighted by atomic mass is 32.2. The minimum absolute atomic E-state index is 0.0311. The van der Waals surface area contributed by atoms with E-state index in [9.17, 15) is 21.2 Å². The number of nitrogens with zero attached hydrogens (tertiary/aromatic N) is 3. The van der Waals surface area contributed by atoms with Crippen molar-refractivity contribution >= 4 is 36.6 Å². The van der Waals surface area contributed by atoms with Crippen LogP contribution >= 0.6 is 0 Å². The molecule has 3 rings (SSSR count). The Hall–Kier alpha value is -2.01. The van der Waals surface area contributed by atoms with Gasteiger partial charge in [0.2, 0.25) is 16.0 Å². The average molecular weight is 388 g/mol. The van der Waals surface area contributed by atoms with Gasteiger partial charge in [-0.15, -0.1) is 0 Å². The van der Waals surface area contributed by atoms with E-state index in [1.165, 1.54) is 20.0 Å². The summed E-state index contributed by atoms with van der Waals surface area (Å²) in [5.41, 5.74) is 5.03. The van der Waals surface area contributed by atoms with Gasteiger partial charge in [0.15, 0.2) is 9.84 Å². The number of halogens is 1. The van der Waals surface area contributed by atoms with Crippen LogP contribution in [0.25, 0.3) is 0 Å². The van der Waals surface area contributed by atoms with Crippen LogP contribution in [-0.4, -0.2) is 51.2 Å². The van der Waals surface area contributed by atoms with Crippen molar-refractivity contribution in [3.05, 3.63) is 29.1 Å². The lowest BCUT2D eigenvalue weighted by atomic mass is 9.91. The molecule has 2 N–H and O–H groups in total. The summed E-state index contributed by atoms with van der Waals surface area (Å²) < 4.78 is 63.3. The number of rotatable bonds is 1. The second kappa shape index (κ2) is 5.24. The average Bonchev–Trinajstić information content (AvgIpc) is 2.86. The molecular weight excluding hydrogens is 371 g/mol. The Morgan fingerprint density at radius 2 is 2.00 bits per heavy atom. The van der Waals surface area contributed by atoms with Crippen LogP contribution in [0.15, 0.2) is 22.1 Å². The van der Waals surface area contributed by atoms with Crippen LogP contribution in [0.2, 0.25) is 0 Å². The molecule has 1 aromatic rings. The zero-order chi connectivity index (χ0) is 18.8. The van der Waals surface area contributed by atoms with Crippen LogP contribution in [-0.2, 0) is 31.8 Å². The number of guanidine groups is 1. The molecule has 0 saturated heterocycles. The zero-order valence-corrected chi connectivity index (χ0v) is 15.4. The van der Waals surface area contributed by atoms with Gasteiger partial charge in [-0.05, 0) is 18.6 Å². The molecule has 8 nitrogen and oxygen atoms in total. The summed E-state index contributed by atoms with van der Waals surface area (Å²) in [6.07, 6.45) is 1.06. The summed E-state index contributed by atoms with van der Waals surface area (Å²) in [5.74, 6) is -1.40. The van der Waals surface area contributed by atoms with Crippen LogP contribution in [0.4, 0.5) is 10.1 Å². The quantitative estimate of drug-likeness (QED) is 0.739. The highest BCUT2D eigenvalue weighted by molar-refractivity contribution is 8.05. The van der Waals surface area contributed by atoms with E-state index in [1.807, 2.05) is 0 Å². The third-order valence-corrected chi connectivity index (χ3v) is 7.37. The minimum atomic E-state index is -3.74. The van der Waals surface area contributed by atoms with Crippen LogP contribution in [0, 0.1) is 5.82 Å². The maximum absolute atomic E-state index is 14.6. The van der Waals surface area contributed by atoms with Gasteiger partial charge in [0, 0.05) is 31.4 Å². The number of fused-ring (bicyclic) bond motifs is 1. The SMILES string of the molecule is CN1C(N)=N[C@](C)(c2cc3c(cc2F)N=C(S(C)(=O)=O)C3)CS1(=O)=O. The highest BCUT2D eigenvalue weighted by Crippen LogP contribution is 2.38. The molecule has 136 valence electrons. The Morgan fingerprint density at radius 1 is 1.36 bits per heavy atom. The molecule has 1 aromatic carbocycles. The molecule has 0 bridgehead atoms. The summed E-state index contributed by atoms with van der Waals surface area (Å²) in [4.78, 5) is 8.11. The van der Waals surface area contributed by atoms with E-state index in [1.54, 1.807) is 0 Å². The maximum Gasteiger partial charge on any atom is 0.239 e. The molecule has 0 radical (unpaired) electrons. The monoisotopic (exact) mass is 388 g/mol. The summed E-state index contributed by atoms with van der Waals surface area (Å²) in [5, 5.41) is -0.0526. The molecule has 1 atom stereocenters. The lowest BCUT2D eigenvalue weighted by Crippen LogP contribution is -2.50. The first-order chi connectivity index (χ1) is 11.3. The third kappa shape index (κ3) is 2.91. The predicted octanol–water partition coefficient (Wildman–Crippen LogP) is 0.262. The van der Waals surface area contributed by atoms with E-state index in [0.29, 0.717) is 5.56 Å². The maximum atomic E-state index is 14.6. The van der Waals surface area contributed by atoms with Crippen LogP contribution < -0.4 is 5.73 Å². The van der Waals surface area contributed by atoms with Crippen LogP contribution in [0.3, 0.4) is 0 Å². The van der Waals surface area contributed by atoms with Crippen molar-refractivity contribution in [2.45, 2.75) is 18.9 Å². The number of aliphatic imine (C=N–C) groups is 2. The Bertz CT molecular complexity index is 1050. The molecule has 0 unspecified atom stereocenters. The Morgan fingerprint density at radius 3 is 2.56 bits per heavy atom. The molecule has 2 aliphatic rings. The standard InChI is InChI=1S/C14H17FN4O4S2/c1-14(7-25(22,23)19(2)13(16)18-14)9-4-8-5-12(24(3,20)21)17-11(8)6-10(9)15/h4,6H,5,7H2,1-3H3,(H2,16,18)/t14-/m0/s1. The van der Waals surface area contributed by atoms with Crippen LogP contribution in [0.5, 0.6) is 0 Å². The van der Waals surface area contributed by atoms with E-state index < -0.39 is 37.0 Å². The third-order valence-electron chi connectivity index (χ3n) is 4.33. The van der Waals surface area contributed by atoms with Gasteiger partial charge in [-0.2, -0.15) is 0 Å². The number of hydrogen-bond acceptors (Lipinski definition) is 7. The first-order valence-electron chi connectivity index (χ1n) is 7.26. The lowest BCUT2D eigenvalue weighted by molar-refractivity contribution is 0.458. The molecule has 0 aliphatic carbocycles. The molecule has 2 aliphatic heterocycles. The van der Waals surface area contributed by atoms with Gasteiger partial charge in [-0.1, -0.05) is 0 Å². The largest absolute Gasteiger partial charge is 0.369 e. The van der Waals surface area contributed by atoms with E-state index in [-0.39, 0.29) is 28.7 Å². The van der Waals surface area contributed by atoms with Crippen molar-refractivity contribution in [3.63, 3.8) is 0 Å². The lowest BCUT2D eigenvalue weighted by Gasteiger charge is -2.34. The van der Waals surface area contributed by atoms with Gasteiger partial charge in [-0.25, -0.2) is 35.5 Å². The fourth-order valence-electron chi connectivity index (χ4n) is 2.90. The molecule has 25 heavy (non-hydrogen) atoms. The van der Waals surface area contributed by atoms with E-state index in [2.05, 4.69) is 9.98 Å². The smallest absolute Gasteiger partial charge is 0.239 e. The summed E-state index contributed by atoms with van der Waals surface area (Å²) in [6, 6.07) is 2.52. The number of sulfonamides is 1. The van der Waals surface area contributed by atoms with E-state index in [0.717, 1.165) is 16.6 Å². The van der Waals surface area contributed by atoms with Gasteiger partial charge in [0.25, 0.3) is 0 Å². The van der Waals surface area contributed by atoms with E-state index >= 15 is 0 Å². The minimum Gasteiger partial charge on any atom is -0.369 e. The molecule has 11 heteroatoms. The van der Waals surface area contributed by atoms with E-state index in [4.69, 9.17) is 5.73 Å². The predicted molar refractivity (Wildman–Crippen MR) is 92.6 cm³/mol.